The minimum Gasteiger partial charge on any atom is -0.368 e. The van der Waals surface area contributed by atoms with Gasteiger partial charge in [0.25, 0.3) is 0 Å². The fraction of sp³-hybridized carbons (Fsp3) is 0. The summed E-state index contributed by atoms with van der Waals surface area (Å²) in [6.45, 7) is 0. The summed E-state index contributed by atoms with van der Waals surface area (Å²) in [7, 11) is 0. The largest absolute Gasteiger partial charge is 0.368 e. The number of nitrogens with two attached hydrogens (primary N) is 1. The van der Waals surface area contributed by atoms with E-state index in [4.69, 9.17) is 5.73 Å². The Morgan fingerprint density at radius 3 is 2.58 bits per heavy atom. The SMILES string of the molecule is Nc1ncc(-c2cccs2)cn1. The molecule has 0 aliphatic heterocycles. The zero-order valence-corrected chi connectivity index (χ0v) is 7.08. The molecule has 0 aliphatic carbocycles. The second kappa shape index (κ2) is 2.91. The maximum atomic E-state index is 5.36. The lowest BCUT2D eigenvalue weighted by atomic mass is 10.3. The van der Waals surface area contributed by atoms with Crippen molar-refractivity contribution in [2.24, 2.45) is 0 Å². The van der Waals surface area contributed by atoms with E-state index < -0.39 is 0 Å². The van der Waals surface area contributed by atoms with E-state index in [0.717, 1.165) is 10.4 Å². The third kappa shape index (κ3) is 1.29. The van der Waals surface area contributed by atoms with Crippen LogP contribution in [0.2, 0.25) is 0 Å². The van der Waals surface area contributed by atoms with Crippen LogP contribution in [0.1, 0.15) is 0 Å². The predicted octanol–water partition coefficient (Wildman–Crippen LogP) is 1.79. The summed E-state index contributed by atoms with van der Waals surface area (Å²) in [5.74, 6) is 0.315. The van der Waals surface area contributed by atoms with Crippen LogP contribution in [0.15, 0.2) is 29.9 Å². The Labute approximate surface area is 73.9 Å². The van der Waals surface area contributed by atoms with Gasteiger partial charge in [0.2, 0.25) is 5.95 Å². The van der Waals surface area contributed by atoms with Crippen LogP contribution in [-0.4, -0.2) is 9.97 Å². The second-order valence-electron chi connectivity index (χ2n) is 2.31. The smallest absolute Gasteiger partial charge is 0.219 e. The first kappa shape index (κ1) is 7.24. The molecular weight excluding hydrogens is 170 g/mol. The Morgan fingerprint density at radius 1 is 1.25 bits per heavy atom. The molecule has 0 spiro atoms. The third-order valence-corrected chi connectivity index (χ3v) is 2.40. The molecule has 2 rings (SSSR count). The average Bonchev–Trinajstić information content (AvgIpc) is 2.58. The number of hydrogen-bond acceptors (Lipinski definition) is 4. The van der Waals surface area contributed by atoms with Gasteiger partial charge in [0, 0.05) is 22.8 Å². The minimum absolute atomic E-state index is 0.315. The van der Waals surface area contributed by atoms with Gasteiger partial charge in [-0.3, -0.25) is 0 Å². The number of anilines is 1. The molecule has 12 heavy (non-hydrogen) atoms. The minimum atomic E-state index is 0.315. The highest BCUT2D eigenvalue weighted by Crippen LogP contribution is 2.22. The lowest BCUT2D eigenvalue weighted by molar-refractivity contribution is 1.19. The van der Waals surface area contributed by atoms with E-state index >= 15 is 0 Å². The molecule has 0 unspecified atom stereocenters. The van der Waals surface area contributed by atoms with Gasteiger partial charge in [-0.05, 0) is 11.4 Å². The highest BCUT2D eigenvalue weighted by Gasteiger charge is 1.98. The molecular formula is C8H7N3S. The topological polar surface area (TPSA) is 51.8 Å². The molecule has 2 aromatic rings. The van der Waals surface area contributed by atoms with Crippen LogP contribution in [-0.2, 0) is 0 Å². The van der Waals surface area contributed by atoms with Gasteiger partial charge in [0.05, 0.1) is 0 Å². The molecule has 2 heterocycles. The van der Waals surface area contributed by atoms with Gasteiger partial charge in [-0.2, -0.15) is 0 Å². The molecule has 0 amide bonds. The van der Waals surface area contributed by atoms with Crippen LogP contribution in [0.25, 0.3) is 10.4 Å². The van der Waals surface area contributed by atoms with Crippen LogP contribution in [0, 0.1) is 0 Å². The summed E-state index contributed by atoms with van der Waals surface area (Å²) in [6.07, 6.45) is 3.46. The molecule has 0 aliphatic rings. The van der Waals surface area contributed by atoms with Gasteiger partial charge in [-0.15, -0.1) is 11.3 Å². The summed E-state index contributed by atoms with van der Waals surface area (Å²) in [5, 5.41) is 2.02. The van der Waals surface area contributed by atoms with Gasteiger partial charge in [0.1, 0.15) is 0 Å². The van der Waals surface area contributed by atoms with Crippen LogP contribution >= 0.6 is 11.3 Å². The Bertz CT molecular complexity index is 352. The Morgan fingerprint density at radius 2 is 2.00 bits per heavy atom. The standard InChI is InChI=1S/C8H7N3S/c9-8-10-4-6(5-11-8)7-2-1-3-12-7/h1-5H,(H2,9,10,11). The zero-order chi connectivity index (χ0) is 8.39. The van der Waals surface area contributed by atoms with Crippen molar-refractivity contribution in [3.8, 4) is 10.4 Å². The van der Waals surface area contributed by atoms with Crippen molar-refractivity contribution in [1.82, 2.24) is 9.97 Å². The monoisotopic (exact) mass is 177 g/mol. The fourth-order valence-electron chi connectivity index (χ4n) is 0.908. The summed E-state index contributed by atoms with van der Waals surface area (Å²) in [4.78, 5) is 8.98. The first-order chi connectivity index (χ1) is 5.86. The van der Waals surface area contributed by atoms with E-state index in [1.807, 2.05) is 17.5 Å². The Hall–Kier alpha value is -1.42. The Balaban J connectivity index is 2.43. The molecule has 0 saturated carbocycles. The number of nitrogens with zero attached hydrogens (tertiary/aromatic N) is 2. The molecule has 2 aromatic heterocycles. The molecule has 0 radical (unpaired) electrons. The molecule has 60 valence electrons. The molecule has 0 saturated heterocycles. The van der Waals surface area contributed by atoms with E-state index in [1.54, 1.807) is 23.7 Å². The van der Waals surface area contributed by atoms with E-state index in [9.17, 15) is 0 Å². The van der Waals surface area contributed by atoms with Crippen molar-refractivity contribution in [2.45, 2.75) is 0 Å². The quantitative estimate of drug-likeness (QED) is 0.722. The van der Waals surface area contributed by atoms with E-state index in [-0.39, 0.29) is 0 Å². The average molecular weight is 177 g/mol. The summed E-state index contributed by atoms with van der Waals surface area (Å²) in [6, 6.07) is 4.02. The molecule has 2 N–H and O–H groups in total. The lowest BCUT2D eigenvalue weighted by Gasteiger charge is -1.94. The van der Waals surface area contributed by atoms with Crippen molar-refractivity contribution in [1.29, 1.82) is 0 Å². The maximum absolute atomic E-state index is 5.36. The number of rotatable bonds is 1. The van der Waals surface area contributed by atoms with Crippen molar-refractivity contribution in [3.05, 3.63) is 29.9 Å². The molecule has 3 nitrogen and oxygen atoms in total. The number of thiophene rings is 1. The van der Waals surface area contributed by atoms with E-state index in [2.05, 4.69) is 9.97 Å². The number of aromatic nitrogens is 2. The lowest BCUT2D eigenvalue weighted by Crippen LogP contribution is -1.92. The van der Waals surface area contributed by atoms with E-state index in [1.165, 1.54) is 0 Å². The summed E-state index contributed by atoms with van der Waals surface area (Å²) in [5.41, 5.74) is 6.37. The van der Waals surface area contributed by atoms with E-state index in [0.29, 0.717) is 5.95 Å². The summed E-state index contributed by atoms with van der Waals surface area (Å²) < 4.78 is 0. The molecule has 0 atom stereocenters. The normalized spacial score (nSPS) is 10.0. The van der Waals surface area contributed by atoms with Crippen LogP contribution in [0.4, 0.5) is 5.95 Å². The molecule has 0 bridgehead atoms. The van der Waals surface area contributed by atoms with Gasteiger partial charge < -0.3 is 5.73 Å². The number of nitrogen functional groups attached to an aromatic ring is 1. The van der Waals surface area contributed by atoms with Crippen molar-refractivity contribution in [3.63, 3.8) is 0 Å². The first-order valence-electron chi connectivity index (χ1n) is 3.47. The first-order valence-corrected chi connectivity index (χ1v) is 4.35. The van der Waals surface area contributed by atoms with Gasteiger partial charge in [-0.1, -0.05) is 6.07 Å². The van der Waals surface area contributed by atoms with Gasteiger partial charge >= 0.3 is 0 Å². The molecule has 4 heteroatoms. The van der Waals surface area contributed by atoms with Gasteiger partial charge in [-0.25, -0.2) is 9.97 Å². The fourth-order valence-corrected chi connectivity index (χ4v) is 1.61. The van der Waals surface area contributed by atoms with Crippen LogP contribution < -0.4 is 5.73 Å². The number of hydrogen-bond donors (Lipinski definition) is 1. The van der Waals surface area contributed by atoms with Crippen molar-refractivity contribution >= 4 is 17.3 Å². The van der Waals surface area contributed by atoms with Crippen LogP contribution in [0.5, 0.6) is 0 Å². The second-order valence-corrected chi connectivity index (χ2v) is 3.25. The van der Waals surface area contributed by atoms with Crippen molar-refractivity contribution < 1.29 is 0 Å². The highest BCUT2D eigenvalue weighted by molar-refractivity contribution is 7.13. The van der Waals surface area contributed by atoms with Crippen molar-refractivity contribution in [2.75, 3.05) is 5.73 Å². The third-order valence-electron chi connectivity index (χ3n) is 1.48. The molecule has 0 fully saturated rings. The summed E-state index contributed by atoms with van der Waals surface area (Å²) >= 11 is 1.66. The highest BCUT2D eigenvalue weighted by atomic mass is 32.1. The van der Waals surface area contributed by atoms with Gasteiger partial charge in [0.15, 0.2) is 0 Å². The predicted molar refractivity (Wildman–Crippen MR) is 49.8 cm³/mol. The maximum Gasteiger partial charge on any atom is 0.219 e. The Kier molecular flexibility index (Phi) is 1.75. The molecule has 0 aromatic carbocycles. The zero-order valence-electron chi connectivity index (χ0n) is 6.27. The van der Waals surface area contributed by atoms with Crippen LogP contribution in [0.3, 0.4) is 0 Å².